The van der Waals surface area contributed by atoms with Crippen LogP contribution in [-0.4, -0.2) is 23.7 Å². The van der Waals surface area contributed by atoms with Gasteiger partial charge in [0.1, 0.15) is 5.56 Å². The van der Waals surface area contributed by atoms with E-state index < -0.39 is 0 Å². The lowest BCUT2D eigenvalue weighted by atomic mass is 9.92. The number of aryl methyl sites for hydroxylation is 1. The molecule has 0 spiro atoms. The van der Waals surface area contributed by atoms with Crippen LogP contribution < -0.4 is 10.7 Å². The van der Waals surface area contributed by atoms with Crippen molar-refractivity contribution in [1.82, 2.24) is 9.88 Å². The van der Waals surface area contributed by atoms with Crippen LogP contribution in [0.2, 0.25) is 5.02 Å². The fourth-order valence-corrected chi connectivity index (χ4v) is 4.12. The van der Waals surface area contributed by atoms with Crippen LogP contribution in [0.5, 0.6) is 0 Å². The van der Waals surface area contributed by atoms with E-state index in [0.29, 0.717) is 22.9 Å². The third-order valence-corrected chi connectivity index (χ3v) is 5.98. The number of aromatic nitrogens is 1. The number of halogens is 1. The number of hydrogen-bond acceptors (Lipinski definition) is 3. The van der Waals surface area contributed by atoms with Crippen LogP contribution in [0.25, 0.3) is 10.9 Å². The van der Waals surface area contributed by atoms with Gasteiger partial charge in [-0.25, -0.2) is 0 Å². The van der Waals surface area contributed by atoms with E-state index in [9.17, 15) is 9.59 Å². The molecule has 0 saturated carbocycles. The minimum Gasteiger partial charge on any atom is -0.381 e. The first-order chi connectivity index (χ1) is 14.5. The van der Waals surface area contributed by atoms with Crippen LogP contribution in [0.4, 0.5) is 0 Å². The number of nitrogens with zero attached hydrogens (tertiary/aromatic N) is 1. The van der Waals surface area contributed by atoms with Crippen molar-refractivity contribution < 1.29 is 9.53 Å². The van der Waals surface area contributed by atoms with Gasteiger partial charge in [0, 0.05) is 43.4 Å². The van der Waals surface area contributed by atoms with E-state index in [0.717, 1.165) is 49.1 Å². The number of hydrogen-bond donors (Lipinski definition) is 1. The summed E-state index contributed by atoms with van der Waals surface area (Å²) >= 11 is 5.90. The summed E-state index contributed by atoms with van der Waals surface area (Å²) in [6.07, 6.45) is 4.63. The van der Waals surface area contributed by atoms with Crippen molar-refractivity contribution in [1.29, 1.82) is 0 Å². The van der Waals surface area contributed by atoms with Crippen LogP contribution in [0.1, 0.15) is 34.3 Å². The quantitative estimate of drug-likeness (QED) is 0.671. The molecular weight excluding hydrogens is 400 g/mol. The molecule has 2 heterocycles. The normalized spacial score (nSPS) is 14.7. The third-order valence-electron chi connectivity index (χ3n) is 5.73. The van der Waals surface area contributed by atoms with Gasteiger partial charge in [-0.15, -0.1) is 0 Å². The molecule has 1 aliphatic heterocycles. The van der Waals surface area contributed by atoms with Gasteiger partial charge in [0.25, 0.3) is 5.91 Å². The molecule has 0 radical (unpaired) electrons. The van der Waals surface area contributed by atoms with Gasteiger partial charge in [0.15, 0.2) is 0 Å². The van der Waals surface area contributed by atoms with Crippen molar-refractivity contribution in [2.24, 2.45) is 13.0 Å². The van der Waals surface area contributed by atoms with Crippen molar-refractivity contribution in [3.05, 3.63) is 80.6 Å². The second-order valence-corrected chi connectivity index (χ2v) is 8.34. The monoisotopic (exact) mass is 424 g/mol. The highest BCUT2D eigenvalue weighted by molar-refractivity contribution is 6.30. The topological polar surface area (TPSA) is 60.3 Å². The van der Waals surface area contributed by atoms with E-state index in [1.165, 1.54) is 0 Å². The Morgan fingerprint density at radius 3 is 2.57 bits per heavy atom. The predicted octanol–water partition coefficient (Wildman–Crippen LogP) is 4.09. The smallest absolute Gasteiger partial charge is 0.257 e. The number of carbonyl (C=O) groups excluding carboxylic acids is 1. The van der Waals surface area contributed by atoms with E-state index >= 15 is 0 Å². The number of rotatable bonds is 5. The molecule has 5 nitrogen and oxygen atoms in total. The van der Waals surface area contributed by atoms with Crippen LogP contribution in [0.3, 0.4) is 0 Å². The molecule has 1 fully saturated rings. The number of amides is 1. The summed E-state index contributed by atoms with van der Waals surface area (Å²) in [5, 5.41) is 4.07. The van der Waals surface area contributed by atoms with E-state index in [-0.39, 0.29) is 16.9 Å². The third kappa shape index (κ3) is 4.58. The maximum Gasteiger partial charge on any atom is 0.257 e. The molecule has 1 amide bonds. The Morgan fingerprint density at radius 2 is 1.83 bits per heavy atom. The van der Waals surface area contributed by atoms with E-state index in [1.54, 1.807) is 18.3 Å². The fourth-order valence-electron chi connectivity index (χ4n) is 3.99. The SMILES string of the molecule is Cn1cc(C(=O)NCc2ccc(Cl)cc2)c(=O)c2cc(CC3CCOCC3)ccc21. The predicted molar refractivity (Wildman–Crippen MR) is 119 cm³/mol. The Kier molecular flexibility index (Phi) is 6.21. The lowest BCUT2D eigenvalue weighted by molar-refractivity contribution is 0.0665. The van der Waals surface area contributed by atoms with Gasteiger partial charge in [-0.2, -0.15) is 0 Å². The standard InChI is InChI=1S/C24H25ClN2O3/c1-27-15-21(24(29)26-14-17-2-5-19(25)6-3-17)23(28)20-13-18(4-7-22(20)27)12-16-8-10-30-11-9-16/h2-7,13,15-16H,8-12,14H2,1H3,(H,26,29). The summed E-state index contributed by atoms with van der Waals surface area (Å²) in [5.74, 6) is 0.202. The minimum atomic E-state index is -0.373. The maximum atomic E-state index is 13.1. The Bertz CT molecular complexity index is 1120. The van der Waals surface area contributed by atoms with E-state index in [1.807, 2.05) is 35.9 Å². The van der Waals surface area contributed by atoms with Crippen LogP contribution in [0, 0.1) is 5.92 Å². The molecule has 1 N–H and O–H groups in total. The Balaban J connectivity index is 1.58. The molecule has 4 rings (SSSR count). The second-order valence-electron chi connectivity index (χ2n) is 7.90. The van der Waals surface area contributed by atoms with Crippen LogP contribution in [-0.2, 0) is 24.8 Å². The molecular formula is C24H25ClN2O3. The van der Waals surface area contributed by atoms with Crippen LogP contribution >= 0.6 is 11.6 Å². The van der Waals surface area contributed by atoms with E-state index in [4.69, 9.17) is 16.3 Å². The molecule has 6 heteroatoms. The molecule has 2 aromatic carbocycles. The molecule has 156 valence electrons. The Morgan fingerprint density at radius 1 is 1.13 bits per heavy atom. The highest BCUT2D eigenvalue weighted by Gasteiger charge is 2.17. The average molecular weight is 425 g/mol. The Hall–Kier alpha value is -2.63. The lowest BCUT2D eigenvalue weighted by Gasteiger charge is -2.22. The zero-order valence-corrected chi connectivity index (χ0v) is 17.7. The zero-order valence-electron chi connectivity index (χ0n) is 17.0. The van der Waals surface area contributed by atoms with Gasteiger partial charge in [0.2, 0.25) is 5.43 Å². The molecule has 30 heavy (non-hydrogen) atoms. The number of pyridine rings is 1. The molecule has 0 bridgehead atoms. The molecule has 0 atom stereocenters. The first kappa shape index (κ1) is 20.6. The van der Waals surface area contributed by atoms with Crippen molar-refractivity contribution in [2.75, 3.05) is 13.2 Å². The van der Waals surface area contributed by atoms with Gasteiger partial charge in [0.05, 0.1) is 5.52 Å². The lowest BCUT2D eigenvalue weighted by Crippen LogP contribution is -2.29. The highest BCUT2D eigenvalue weighted by Crippen LogP contribution is 2.22. The summed E-state index contributed by atoms with van der Waals surface area (Å²) < 4.78 is 7.28. The van der Waals surface area contributed by atoms with Crippen LogP contribution in [0.15, 0.2) is 53.5 Å². The summed E-state index contributed by atoms with van der Waals surface area (Å²) in [6, 6.07) is 13.3. The number of nitrogens with one attached hydrogen (secondary N) is 1. The Labute approximate surface area is 180 Å². The molecule has 1 saturated heterocycles. The molecule has 1 aromatic heterocycles. The number of benzene rings is 2. The highest BCUT2D eigenvalue weighted by atomic mass is 35.5. The second kappa shape index (κ2) is 9.02. The van der Waals surface area contributed by atoms with Crippen molar-refractivity contribution >= 4 is 28.4 Å². The van der Waals surface area contributed by atoms with Gasteiger partial charge in [-0.1, -0.05) is 29.8 Å². The molecule has 3 aromatic rings. The zero-order chi connectivity index (χ0) is 21.1. The summed E-state index contributed by atoms with van der Waals surface area (Å²) in [7, 11) is 1.86. The molecule has 0 unspecified atom stereocenters. The fraction of sp³-hybridized carbons (Fsp3) is 0.333. The number of fused-ring (bicyclic) bond motifs is 1. The molecule has 0 aliphatic carbocycles. The largest absolute Gasteiger partial charge is 0.381 e. The summed E-state index contributed by atoms with van der Waals surface area (Å²) in [6.45, 7) is 1.94. The van der Waals surface area contributed by atoms with Gasteiger partial charge < -0.3 is 14.6 Å². The number of ether oxygens (including phenoxy) is 1. The first-order valence-corrected chi connectivity index (χ1v) is 10.6. The minimum absolute atomic E-state index is 0.155. The summed E-state index contributed by atoms with van der Waals surface area (Å²) in [4.78, 5) is 25.9. The van der Waals surface area contributed by atoms with E-state index in [2.05, 4.69) is 11.4 Å². The van der Waals surface area contributed by atoms with Crippen molar-refractivity contribution in [3.8, 4) is 0 Å². The summed E-state index contributed by atoms with van der Waals surface area (Å²) in [5.41, 5.74) is 2.80. The van der Waals surface area contributed by atoms with Crippen molar-refractivity contribution in [2.45, 2.75) is 25.8 Å². The van der Waals surface area contributed by atoms with Crippen molar-refractivity contribution in [3.63, 3.8) is 0 Å². The number of carbonyl (C=O) groups is 1. The average Bonchev–Trinajstić information content (AvgIpc) is 2.76. The van der Waals surface area contributed by atoms with Gasteiger partial charge >= 0.3 is 0 Å². The molecule has 1 aliphatic rings. The first-order valence-electron chi connectivity index (χ1n) is 10.2. The van der Waals surface area contributed by atoms with Gasteiger partial charge in [-0.05, 0) is 60.6 Å². The maximum absolute atomic E-state index is 13.1. The van der Waals surface area contributed by atoms with Gasteiger partial charge in [-0.3, -0.25) is 9.59 Å².